The van der Waals surface area contributed by atoms with Crippen LogP contribution >= 0.6 is 0 Å². The molecule has 33 heavy (non-hydrogen) atoms. The summed E-state index contributed by atoms with van der Waals surface area (Å²) in [7, 11) is 0. The molecule has 154 valence electrons. The first-order valence-electron chi connectivity index (χ1n) is 11.1. The molecule has 0 bridgehead atoms. The molecule has 3 aromatic heterocycles. The number of nitrogens with zero attached hydrogens (tertiary/aromatic N) is 1. The van der Waals surface area contributed by atoms with Crippen molar-refractivity contribution in [3.63, 3.8) is 0 Å². The highest BCUT2D eigenvalue weighted by Crippen LogP contribution is 2.41. The summed E-state index contributed by atoms with van der Waals surface area (Å²) < 4.78 is 14.8. The van der Waals surface area contributed by atoms with Gasteiger partial charge in [-0.15, -0.1) is 0 Å². The highest BCUT2D eigenvalue weighted by molar-refractivity contribution is 6.18. The lowest BCUT2D eigenvalue weighted by Gasteiger charge is -2.09. The molecule has 0 atom stereocenters. The Morgan fingerprint density at radius 1 is 0.424 bits per heavy atom. The van der Waals surface area contributed by atoms with E-state index in [0.717, 1.165) is 55.1 Å². The van der Waals surface area contributed by atoms with Crippen LogP contribution < -0.4 is 0 Å². The van der Waals surface area contributed by atoms with Gasteiger partial charge in [0.15, 0.2) is 0 Å². The molecule has 0 aliphatic carbocycles. The normalized spacial score (nSPS) is 12.2. The van der Waals surface area contributed by atoms with Gasteiger partial charge >= 0.3 is 0 Å². The van der Waals surface area contributed by atoms with E-state index in [9.17, 15) is 0 Å². The van der Waals surface area contributed by atoms with Crippen molar-refractivity contribution in [2.24, 2.45) is 0 Å². The van der Waals surface area contributed by atoms with Crippen LogP contribution in [0.2, 0.25) is 0 Å². The zero-order chi connectivity index (χ0) is 21.5. The molecule has 0 radical (unpaired) electrons. The second-order valence-corrected chi connectivity index (χ2v) is 8.56. The van der Waals surface area contributed by atoms with E-state index < -0.39 is 0 Å². The molecule has 0 spiro atoms. The Morgan fingerprint density at radius 3 is 1.97 bits per heavy atom. The summed E-state index contributed by atoms with van der Waals surface area (Å²) in [5.74, 6) is 0. The molecule has 0 saturated carbocycles. The van der Waals surface area contributed by atoms with Crippen molar-refractivity contribution >= 4 is 65.7 Å². The van der Waals surface area contributed by atoms with Crippen molar-refractivity contribution in [1.82, 2.24) is 4.57 Å². The third-order valence-corrected chi connectivity index (χ3v) is 6.79. The second-order valence-electron chi connectivity index (χ2n) is 8.56. The molecule has 3 nitrogen and oxygen atoms in total. The zero-order valence-electron chi connectivity index (χ0n) is 17.6. The van der Waals surface area contributed by atoms with Crippen molar-refractivity contribution in [2.75, 3.05) is 0 Å². The maximum Gasteiger partial charge on any atom is 0.137 e. The zero-order valence-corrected chi connectivity index (χ0v) is 17.6. The van der Waals surface area contributed by atoms with Crippen LogP contribution in [-0.4, -0.2) is 4.57 Å². The number of fused-ring (bicyclic) bond motifs is 9. The summed E-state index contributed by atoms with van der Waals surface area (Å²) in [5, 5.41) is 6.92. The van der Waals surface area contributed by atoms with Crippen LogP contribution in [0, 0.1) is 0 Å². The lowest BCUT2D eigenvalue weighted by Crippen LogP contribution is -1.94. The first-order valence-corrected chi connectivity index (χ1v) is 11.1. The van der Waals surface area contributed by atoms with Crippen molar-refractivity contribution in [2.45, 2.75) is 0 Å². The maximum absolute atomic E-state index is 6.22. The molecular formula is C30H17NO2. The van der Waals surface area contributed by atoms with Crippen LogP contribution in [0.1, 0.15) is 0 Å². The van der Waals surface area contributed by atoms with Gasteiger partial charge in [0, 0.05) is 26.9 Å². The summed E-state index contributed by atoms with van der Waals surface area (Å²) in [4.78, 5) is 0. The monoisotopic (exact) mass is 423 g/mol. The Balaban J connectivity index is 1.61. The molecule has 0 aliphatic heterocycles. The summed E-state index contributed by atoms with van der Waals surface area (Å²) in [6, 6.07) is 35.9. The quantitative estimate of drug-likeness (QED) is 0.265. The van der Waals surface area contributed by atoms with Gasteiger partial charge in [-0.1, -0.05) is 60.7 Å². The molecule has 8 aromatic rings. The van der Waals surface area contributed by atoms with Crippen molar-refractivity contribution in [1.29, 1.82) is 0 Å². The van der Waals surface area contributed by atoms with E-state index in [4.69, 9.17) is 8.83 Å². The van der Waals surface area contributed by atoms with Crippen LogP contribution in [0.3, 0.4) is 0 Å². The highest BCUT2D eigenvalue weighted by atomic mass is 16.3. The van der Waals surface area contributed by atoms with Gasteiger partial charge in [-0.2, -0.15) is 0 Å². The predicted molar refractivity (Wildman–Crippen MR) is 135 cm³/mol. The van der Waals surface area contributed by atoms with Crippen LogP contribution in [0.4, 0.5) is 0 Å². The fourth-order valence-corrected chi connectivity index (χ4v) is 5.39. The van der Waals surface area contributed by atoms with Crippen molar-refractivity contribution in [3.8, 4) is 5.69 Å². The number of benzene rings is 5. The molecule has 0 unspecified atom stereocenters. The Morgan fingerprint density at radius 2 is 1.09 bits per heavy atom. The molecule has 3 heteroatoms. The topological polar surface area (TPSA) is 31.2 Å². The molecule has 0 amide bonds. The third kappa shape index (κ3) is 2.18. The standard InChI is InChI=1S/C30H17NO2/c1-4-11-23-18(8-1)21-17-29-22(19-9-2-5-13-26(19)33-29)16-25(21)31(23)24-12-7-15-28-30(24)20-10-3-6-14-27(20)32-28/h1-17H. The average molecular weight is 423 g/mol. The molecule has 0 saturated heterocycles. The van der Waals surface area contributed by atoms with Gasteiger partial charge < -0.3 is 13.4 Å². The van der Waals surface area contributed by atoms with Gasteiger partial charge in [0.2, 0.25) is 0 Å². The minimum Gasteiger partial charge on any atom is -0.456 e. The fourth-order valence-electron chi connectivity index (χ4n) is 5.39. The molecule has 8 rings (SSSR count). The average Bonchev–Trinajstić information content (AvgIpc) is 3.52. The van der Waals surface area contributed by atoms with Crippen LogP contribution in [0.15, 0.2) is 112 Å². The summed E-state index contributed by atoms with van der Waals surface area (Å²) in [6.45, 7) is 0. The summed E-state index contributed by atoms with van der Waals surface area (Å²) in [5.41, 5.74) is 7.09. The van der Waals surface area contributed by atoms with Gasteiger partial charge in [0.25, 0.3) is 0 Å². The van der Waals surface area contributed by atoms with E-state index in [0.29, 0.717) is 0 Å². The predicted octanol–water partition coefficient (Wildman–Crippen LogP) is 8.58. The Hall–Kier alpha value is -4.50. The SMILES string of the molecule is c1ccc2c(c1)oc1cc3c4ccccc4n(-c4cccc5oc6ccccc6c45)c3cc12. The molecular weight excluding hydrogens is 406 g/mol. The number of hydrogen-bond acceptors (Lipinski definition) is 2. The van der Waals surface area contributed by atoms with E-state index in [1.165, 1.54) is 16.3 Å². The smallest absolute Gasteiger partial charge is 0.137 e. The van der Waals surface area contributed by atoms with Gasteiger partial charge in [-0.3, -0.25) is 0 Å². The Labute approximate surface area is 188 Å². The van der Waals surface area contributed by atoms with Crippen LogP contribution in [0.5, 0.6) is 0 Å². The molecule has 0 N–H and O–H groups in total. The van der Waals surface area contributed by atoms with E-state index in [1.807, 2.05) is 24.3 Å². The van der Waals surface area contributed by atoms with Gasteiger partial charge in [-0.25, -0.2) is 0 Å². The number of furan rings is 2. The fraction of sp³-hybridized carbons (Fsp3) is 0. The second kappa shape index (κ2) is 6.05. The minimum absolute atomic E-state index is 0.898. The molecule has 3 heterocycles. The van der Waals surface area contributed by atoms with Crippen molar-refractivity contribution in [3.05, 3.63) is 103 Å². The lowest BCUT2D eigenvalue weighted by molar-refractivity contribution is 0.668. The molecule has 0 fully saturated rings. The van der Waals surface area contributed by atoms with E-state index in [1.54, 1.807) is 0 Å². The summed E-state index contributed by atoms with van der Waals surface area (Å²) in [6.07, 6.45) is 0. The minimum atomic E-state index is 0.898. The third-order valence-electron chi connectivity index (χ3n) is 6.79. The lowest BCUT2D eigenvalue weighted by atomic mass is 10.1. The number of rotatable bonds is 1. The van der Waals surface area contributed by atoms with E-state index >= 15 is 0 Å². The Kier molecular flexibility index (Phi) is 3.14. The van der Waals surface area contributed by atoms with Crippen molar-refractivity contribution < 1.29 is 8.83 Å². The maximum atomic E-state index is 6.22. The van der Waals surface area contributed by atoms with Gasteiger partial charge in [0.1, 0.15) is 22.3 Å². The van der Waals surface area contributed by atoms with Gasteiger partial charge in [-0.05, 0) is 42.5 Å². The first-order chi connectivity index (χ1) is 16.4. The van der Waals surface area contributed by atoms with Gasteiger partial charge in [0.05, 0.1) is 22.1 Å². The first kappa shape index (κ1) is 17.1. The number of hydrogen-bond donors (Lipinski definition) is 0. The number of aromatic nitrogens is 1. The molecule has 0 aliphatic rings. The van der Waals surface area contributed by atoms with Crippen LogP contribution in [-0.2, 0) is 0 Å². The Bertz CT molecular complexity index is 2030. The largest absolute Gasteiger partial charge is 0.456 e. The highest BCUT2D eigenvalue weighted by Gasteiger charge is 2.19. The molecule has 5 aromatic carbocycles. The number of para-hydroxylation sites is 3. The summed E-state index contributed by atoms with van der Waals surface area (Å²) >= 11 is 0. The van der Waals surface area contributed by atoms with Crippen LogP contribution in [0.25, 0.3) is 71.4 Å². The van der Waals surface area contributed by atoms with E-state index in [-0.39, 0.29) is 0 Å². The van der Waals surface area contributed by atoms with E-state index in [2.05, 4.69) is 83.4 Å².